The maximum atomic E-state index is 9.30. The molecule has 0 saturated heterocycles. The van der Waals surface area contributed by atoms with Crippen molar-refractivity contribution in [2.75, 3.05) is 0 Å². The van der Waals surface area contributed by atoms with Crippen molar-refractivity contribution in [3.8, 4) is 5.88 Å². The number of hydrogen-bond donors (Lipinski definition) is 2. The topological polar surface area (TPSA) is 48.9 Å². The van der Waals surface area contributed by atoms with Crippen LogP contribution in [0.15, 0.2) is 18.5 Å². The van der Waals surface area contributed by atoms with E-state index in [2.05, 4.69) is 9.97 Å². The van der Waals surface area contributed by atoms with Gasteiger partial charge in [-0.2, -0.15) is 0 Å². The Morgan fingerprint density at radius 3 is 3.09 bits per heavy atom. The van der Waals surface area contributed by atoms with E-state index in [0.717, 1.165) is 16.5 Å². The minimum Gasteiger partial charge on any atom is -0.494 e. The molecule has 2 N–H and O–H groups in total. The Bertz CT molecular complexity index is 392. The molecule has 0 unspecified atom stereocenters. The quantitative estimate of drug-likeness (QED) is 0.595. The van der Waals surface area contributed by atoms with Crippen molar-refractivity contribution < 1.29 is 5.11 Å². The summed E-state index contributed by atoms with van der Waals surface area (Å²) in [5.41, 5.74) is 1.84. The Balaban J connectivity index is 2.96. The van der Waals surface area contributed by atoms with Gasteiger partial charge in [0.25, 0.3) is 0 Å². The van der Waals surface area contributed by atoms with E-state index in [0.29, 0.717) is 0 Å². The standard InChI is InChI=1S/C8H8N2O/c1-5-2-3-9-6-4-10-8(11)7(5)6/h2-4,10-11H,1H3. The molecule has 0 aromatic carbocycles. The van der Waals surface area contributed by atoms with Crippen LogP contribution in [0.1, 0.15) is 5.56 Å². The number of H-pyrrole nitrogens is 1. The van der Waals surface area contributed by atoms with Gasteiger partial charge in [0.05, 0.1) is 10.9 Å². The number of pyridine rings is 1. The summed E-state index contributed by atoms with van der Waals surface area (Å²) in [6.07, 6.45) is 3.42. The first kappa shape index (κ1) is 6.22. The molecule has 0 fully saturated rings. The van der Waals surface area contributed by atoms with Gasteiger partial charge in [-0.25, -0.2) is 0 Å². The molecule has 0 bridgehead atoms. The zero-order chi connectivity index (χ0) is 7.84. The third-order valence-corrected chi connectivity index (χ3v) is 1.77. The van der Waals surface area contributed by atoms with Crippen LogP contribution in [0.25, 0.3) is 10.9 Å². The van der Waals surface area contributed by atoms with Gasteiger partial charge in [-0.15, -0.1) is 0 Å². The Kier molecular flexibility index (Phi) is 1.12. The number of rotatable bonds is 0. The summed E-state index contributed by atoms with van der Waals surface area (Å²) in [6, 6.07) is 1.87. The minimum atomic E-state index is 0.200. The number of nitrogens with zero attached hydrogens (tertiary/aromatic N) is 1. The van der Waals surface area contributed by atoms with Crippen LogP contribution in [0.4, 0.5) is 0 Å². The number of hydrogen-bond acceptors (Lipinski definition) is 2. The highest BCUT2D eigenvalue weighted by Crippen LogP contribution is 2.24. The van der Waals surface area contributed by atoms with Crippen molar-refractivity contribution in [2.24, 2.45) is 0 Å². The first-order chi connectivity index (χ1) is 5.29. The highest BCUT2D eigenvalue weighted by molar-refractivity contribution is 5.86. The molecular weight excluding hydrogens is 140 g/mol. The lowest BCUT2D eigenvalue weighted by Gasteiger charge is -1.93. The van der Waals surface area contributed by atoms with Gasteiger partial charge in [0.2, 0.25) is 0 Å². The van der Waals surface area contributed by atoms with E-state index in [-0.39, 0.29) is 5.88 Å². The molecule has 0 saturated carbocycles. The molecule has 0 spiro atoms. The summed E-state index contributed by atoms with van der Waals surface area (Å²) >= 11 is 0. The Labute approximate surface area is 63.7 Å². The molecule has 2 heterocycles. The Hall–Kier alpha value is -1.51. The predicted octanol–water partition coefficient (Wildman–Crippen LogP) is 1.58. The largest absolute Gasteiger partial charge is 0.494 e. The van der Waals surface area contributed by atoms with E-state index in [1.807, 2.05) is 13.0 Å². The van der Waals surface area contributed by atoms with Crippen LogP contribution in [-0.2, 0) is 0 Å². The highest BCUT2D eigenvalue weighted by atomic mass is 16.3. The van der Waals surface area contributed by atoms with Crippen molar-refractivity contribution in [1.82, 2.24) is 9.97 Å². The summed E-state index contributed by atoms with van der Waals surface area (Å²) in [6.45, 7) is 1.94. The maximum absolute atomic E-state index is 9.30. The van der Waals surface area contributed by atoms with E-state index >= 15 is 0 Å². The van der Waals surface area contributed by atoms with Gasteiger partial charge < -0.3 is 10.1 Å². The van der Waals surface area contributed by atoms with Crippen LogP contribution in [0, 0.1) is 6.92 Å². The molecule has 56 valence electrons. The van der Waals surface area contributed by atoms with Crippen molar-refractivity contribution in [3.05, 3.63) is 24.0 Å². The second-order valence-electron chi connectivity index (χ2n) is 2.53. The molecule has 2 aromatic heterocycles. The lowest BCUT2D eigenvalue weighted by Crippen LogP contribution is -1.76. The third kappa shape index (κ3) is 0.774. The number of aromatic nitrogens is 2. The first-order valence-electron chi connectivity index (χ1n) is 3.40. The number of aryl methyl sites for hydroxylation is 1. The van der Waals surface area contributed by atoms with Crippen molar-refractivity contribution in [3.63, 3.8) is 0 Å². The lowest BCUT2D eigenvalue weighted by atomic mass is 10.2. The van der Waals surface area contributed by atoms with Gasteiger partial charge in [0, 0.05) is 12.4 Å². The van der Waals surface area contributed by atoms with E-state index in [1.165, 1.54) is 0 Å². The summed E-state index contributed by atoms with van der Waals surface area (Å²) in [7, 11) is 0. The average molecular weight is 148 g/mol. The number of aromatic amines is 1. The fourth-order valence-corrected chi connectivity index (χ4v) is 1.21. The van der Waals surface area contributed by atoms with Crippen LogP contribution in [-0.4, -0.2) is 15.1 Å². The smallest absolute Gasteiger partial charge is 0.198 e. The second kappa shape index (κ2) is 1.99. The zero-order valence-corrected chi connectivity index (χ0v) is 6.13. The Morgan fingerprint density at radius 1 is 1.55 bits per heavy atom. The SMILES string of the molecule is Cc1ccnc2c[nH]c(O)c12. The molecule has 11 heavy (non-hydrogen) atoms. The van der Waals surface area contributed by atoms with Gasteiger partial charge in [-0.05, 0) is 18.6 Å². The van der Waals surface area contributed by atoms with Crippen LogP contribution < -0.4 is 0 Å². The second-order valence-corrected chi connectivity index (χ2v) is 2.53. The number of fused-ring (bicyclic) bond motifs is 1. The monoisotopic (exact) mass is 148 g/mol. The highest BCUT2D eigenvalue weighted by Gasteiger charge is 2.03. The molecule has 2 aromatic rings. The first-order valence-corrected chi connectivity index (χ1v) is 3.40. The fraction of sp³-hybridized carbons (Fsp3) is 0.125. The van der Waals surface area contributed by atoms with E-state index in [1.54, 1.807) is 12.4 Å². The molecule has 2 rings (SSSR count). The van der Waals surface area contributed by atoms with Crippen LogP contribution in [0.3, 0.4) is 0 Å². The maximum Gasteiger partial charge on any atom is 0.198 e. The summed E-state index contributed by atoms with van der Waals surface area (Å²) in [5.74, 6) is 0.200. The van der Waals surface area contributed by atoms with E-state index in [9.17, 15) is 5.11 Å². The lowest BCUT2D eigenvalue weighted by molar-refractivity contribution is 0.462. The molecule has 0 radical (unpaired) electrons. The molecular formula is C8H8N2O. The van der Waals surface area contributed by atoms with Gasteiger partial charge >= 0.3 is 0 Å². The molecule has 0 aliphatic heterocycles. The molecule has 0 aliphatic carbocycles. The average Bonchev–Trinajstić information content (AvgIpc) is 2.34. The molecule has 3 nitrogen and oxygen atoms in total. The minimum absolute atomic E-state index is 0.200. The fourth-order valence-electron chi connectivity index (χ4n) is 1.21. The molecule has 3 heteroatoms. The van der Waals surface area contributed by atoms with E-state index in [4.69, 9.17) is 0 Å². The van der Waals surface area contributed by atoms with Gasteiger partial charge in [0.15, 0.2) is 5.88 Å². The van der Waals surface area contributed by atoms with Gasteiger partial charge in [-0.3, -0.25) is 4.98 Å². The summed E-state index contributed by atoms with van der Waals surface area (Å²) in [4.78, 5) is 6.78. The van der Waals surface area contributed by atoms with Gasteiger partial charge in [-0.1, -0.05) is 0 Å². The normalized spacial score (nSPS) is 10.6. The van der Waals surface area contributed by atoms with Crippen LogP contribution in [0.5, 0.6) is 5.88 Å². The van der Waals surface area contributed by atoms with E-state index < -0.39 is 0 Å². The summed E-state index contributed by atoms with van der Waals surface area (Å²) in [5, 5.41) is 10.1. The van der Waals surface area contributed by atoms with Crippen molar-refractivity contribution >= 4 is 10.9 Å². The zero-order valence-electron chi connectivity index (χ0n) is 6.13. The van der Waals surface area contributed by atoms with Crippen molar-refractivity contribution in [2.45, 2.75) is 6.92 Å². The molecule has 0 aliphatic rings. The van der Waals surface area contributed by atoms with Gasteiger partial charge in [0.1, 0.15) is 0 Å². The Morgan fingerprint density at radius 2 is 2.36 bits per heavy atom. The molecule has 0 atom stereocenters. The predicted molar refractivity (Wildman–Crippen MR) is 42.5 cm³/mol. The van der Waals surface area contributed by atoms with Crippen molar-refractivity contribution in [1.29, 1.82) is 0 Å². The van der Waals surface area contributed by atoms with Crippen LogP contribution >= 0.6 is 0 Å². The third-order valence-electron chi connectivity index (χ3n) is 1.77. The number of aromatic hydroxyl groups is 1. The summed E-state index contributed by atoms with van der Waals surface area (Å²) < 4.78 is 0. The number of nitrogens with one attached hydrogen (secondary N) is 1. The molecule has 0 amide bonds. The van der Waals surface area contributed by atoms with Crippen LogP contribution in [0.2, 0.25) is 0 Å².